The van der Waals surface area contributed by atoms with Gasteiger partial charge in [0.15, 0.2) is 17.0 Å². The van der Waals surface area contributed by atoms with E-state index in [2.05, 4.69) is 14.1 Å². The van der Waals surface area contributed by atoms with Gasteiger partial charge in [-0.1, -0.05) is 41.9 Å². The minimum Gasteiger partial charge on any atom is -0.467 e. The van der Waals surface area contributed by atoms with Crippen molar-refractivity contribution in [1.29, 1.82) is 0 Å². The third-order valence-electron chi connectivity index (χ3n) is 2.30. The van der Waals surface area contributed by atoms with Gasteiger partial charge in [0.1, 0.15) is 0 Å². The van der Waals surface area contributed by atoms with E-state index in [0.717, 1.165) is 17.3 Å². The fourth-order valence-electron chi connectivity index (χ4n) is 1.44. The van der Waals surface area contributed by atoms with E-state index in [4.69, 9.17) is 16.3 Å². The van der Waals surface area contributed by atoms with Gasteiger partial charge in [-0.2, -0.15) is 8.75 Å². The molecule has 1 heterocycles. The number of anilines is 1. The van der Waals surface area contributed by atoms with Gasteiger partial charge in [0.2, 0.25) is 0 Å². The Bertz CT molecular complexity index is 532. The Labute approximate surface area is 113 Å². The average Bonchev–Trinajstić information content (AvgIpc) is 2.81. The lowest BCUT2D eigenvalue weighted by Crippen LogP contribution is -2.22. The maximum Gasteiger partial charge on any atom is 0.333 e. The van der Waals surface area contributed by atoms with E-state index < -0.39 is 12.0 Å². The summed E-state index contributed by atoms with van der Waals surface area (Å²) in [5.74, 6) is -0.0359. The van der Waals surface area contributed by atoms with E-state index in [1.165, 1.54) is 7.11 Å². The second kappa shape index (κ2) is 5.79. The van der Waals surface area contributed by atoms with Gasteiger partial charge >= 0.3 is 5.97 Å². The first kappa shape index (κ1) is 12.8. The van der Waals surface area contributed by atoms with Crippen molar-refractivity contribution >= 4 is 35.1 Å². The first-order chi connectivity index (χ1) is 8.72. The number of nitrogens with zero attached hydrogens (tertiary/aromatic N) is 2. The lowest BCUT2D eigenvalue weighted by atomic mass is 10.1. The van der Waals surface area contributed by atoms with Crippen molar-refractivity contribution in [3.63, 3.8) is 0 Å². The third-order valence-corrected chi connectivity index (χ3v) is 3.19. The van der Waals surface area contributed by atoms with Crippen molar-refractivity contribution in [3.05, 3.63) is 41.0 Å². The second-order valence-corrected chi connectivity index (χ2v) is 4.30. The van der Waals surface area contributed by atoms with Crippen molar-refractivity contribution in [1.82, 2.24) is 8.75 Å². The highest BCUT2D eigenvalue weighted by atomic mass is 35.5. The molecule has 0 spiro atoms. The lowest BCUT2D eigenvalue weighted by Gasteiger charge is -2.16. The Morgan fingerprint density at radius 3 is 2.67 bits per heavy atom. The Hall–Kier alpha value is -1.66. The van der Waals surface area contributed by atoms with Crippen LogP contribution in [0, 0.1) is 0 Å². The quantitative estimate of drug-likeness (QED) is 0.874. The molecular weight excluding hydrogens is 274 g/mol. The molecule has 1 aromatic carbocycles. The molecule has 0 saturated carbocycles. The zero-order valence-corrected chi connectivity index (χ0v) is 11.0. The maximum atomic E-state index is 11.8. The van der Waals surface area contributed by atoms with Crippen LogP contribution in [-0.4, -0.2) is 21.8 Å². The van der Waals surface area contributed by atoms with Gasteiger partial charge in [-0.05, 0) is 5.56 Å². The molecule has 2 aromatic rings. The number of hydrogen-bond acceptors (Lipinski definition) is 6. The number of benzene rings is 1. The van der Waals surface area contributed by atoms with Gasteiger partial charge in [-0.3, -0.25) is 0 Å². The van der Waals surface area contributed by atoms with Crippen LogP contribution in [0.2, 0.25) is 5.15 Å². The largest absolute Gasteiger partial charge is 0.467 e. The molecule has 94 valence electrons. The van der Waals surface area contributed by atoms with E-state index in [1.54, 1.807) is 0 Å². The Kier molecular flexibility index (Phi) is 4.11. The van der Waals surface area contributed by atoms with Gasteiger partial charge < -0.3 is 10.1 Å². The molecule has 1 aromatic heterocycles. The molecular formula is C11H10ClN3O2S. The van der Waals surface area contributed by atoms with E-state index in [0.29, 0.717) is 5.82 Å². The van der Waals surface area contributed by atoms with Gasteiger partial charge in [0.25, 0.3) is 0 Å². The van der Waals surface area contributed by atoms with Gasteiger partial charge in [0.05, 0.1) is 18.8 Å². The number of carbonyl (C=O) groups excluding carboxylic acids is 1. The van der Waals surface area contributed by atoms with Crippen LogP contribution in [-0.2, 0) is 9.53 Å². The molecule has 1 atom stereocenters. The number of methoxy groups -OCH3 is 1. The number of esters is 1. The number of halogens is 1. The first-order valence-corrected chi connectivity index (χ1v) is 6.20. The zero-order chi connectivity index (χ0) is 13.0. The van der Waals surface area contributed by atoms with Gasteiger partial charge in [0, 0.05) is 0 Å². The number of aromatic nitrogens is 2. The second-order valence-electron chi connectivity index (χ2n) is 3.41. The molecule has 0 aliphatic heterocycles. The molecule has 1 unspecified atom stereocenters. The standard InChI is InChI=1S/C11H10ClN3O2S/c1-17-11(16)8(7-5-3-2-4-6-7)13-10-9(12)14-18-15-10/h2-6,8H,1H3,(H,13,15). The molecule has 2 rings (SSSR count). The number of rotatable bonds is 4. The van der Waals surface area contributed by atoms with E-state index in [9.17, 15) is 4.79 Å². The van der Waals surface area contributed by atoms with Crippen LogP contribution in [0.1, 0.15) is 11.6 Å². The predicted octanol–water partition coefficient (Wildman–Crippen LogP) is 2.52. The smallest absolute Gasteiger partial charge is 0.333 e. The highest BCUT2D eigenvalue weighted by Gasteiger charge is 2.23. The molecule has 0 saturated heterocycles. The fourth-order valence-corrected chi connectivity index (χ4v) is 2.10. The van der Waals surface area contributed by atoms with Crippen molar-refractivity contribution in [2.24, 2.45) is 0 Å². The van der Waals surface area contributed by atoms with Crippen LogP contribution >= 0.6 is 23.3 Å². The summed E-state index contributed by atoms with van der Waals surface area (Å²) in [6, 6.07) is 8.54. The average molecular weight is 284 g/mol. The van der Waals surface area contributed by atoms with Crippen molar-refractivity contribution in [2.75, 3.05) is 12.4 Å². The highest BCUT2D eigenvalue weighted by Crippen LogP contribution is 2.24. The maximum absolute atomic E-state index is 11.8. The number of nitrogens with one attached hydrogen (secondary N) is 1. The minimum absolute atomic E-state index is 0.241. The van der Waals surface area contributed by atoms with Gasteiger partial charge in [-0.25, -0.2) is 4.79 Å². The number of carbonyl (C=O) groups is 1. The minimum atomic E-state index is -0.655. The SMILES string of the molecule is COC(=O)C(Nc1nsnc1Cl)c1ccccc1. The normalized spacial score (nSPS) is 11.9. The summed E-state index contributed by atoms with van der Waals surface area (Å²) in [7, 11) is 1.33. The monoisotopic (exact) mass is 283 g/mol. The van der Waals surface area contributed by atoms with Crippen LogP contribution in [0.3, 0.4) is 0 Å². The molecule has 18 heavy (non-hydrogen) atoms. The molecule has 1 N–H and O–H groups in total. The van der Waals surface area contributed by atoms with E-state index in [-0.39, 0.29) is 5.15 Å². The molecule has 0 bridgehead atoms. The summed E-state index contributed by atoms with van der Waals surface area (Å²) in [4.78, 5) is 11.8. The Morgan fingerprint density at radius 2 is 2.11 bits per heavy atom. The van der Waals surface area contributed by atoms with Crippen molar-refractivity contribution in [3.8, 4) is 0 Å². The van der Waals surface area contributed by atoms with E-state index in [1.807, 2.05) is 30.3 Å². The Morgan fingerprint density at radius 1 is 1.39 bits per heavy atom. The first-order valence-electron chi connectivity index (χ1n) is 5.09. The summed E-state index contributed by atoms with van der Waals surface area (Å²) in [5, 5.41) is 3.17. The summed E-state index contributed by atoms with van der Waals surface area (Å²) in [6.45, 7) is 0. The van der Waals surface area contributed by atoms with Crippen LogP contribution in [0.4, 0.5) is 5.82 Å². The van der Waals surface area contributed by atoms with Gasteiger partial charge in [-0.15, -0.1) is 0 Å². The predicted molar refractivity (Wildman–Crippen MR) is 69.7 cm³/mol. The molecule has 0 fully saturated rings. The molecule has 5 nitrogen and oxygen atoms in total. The lowest BCUT2D eigenvalue weighted by molar-refractivity contribution is -0.141. The molecule has 0 radical (unpaired) electrons. The summed E-state index contributed by atoms with van der Waals surface area (Å²) < 4.78 is 12.6. The molecule has 0 aliphatic carbocycles. The van der Waals surface area contributed by atoms with Crippen LogP contribution < -0.4 is 5.32 Å². The molecule has 0 aliphatic rings. The van der Waals surface area contributed by atoms with Crippen LogP contribution in [0.15, 0.2) is 30.3 Å². The van der Waals surface area contributed by atoms with E-state index >= 15 is 0 Å². The van der Waals surface area contributed by atoms with Crippen molar-refractivity contribution < 1.29 is 9.53 Å². The molecule has 7 heteroatoms. The highest BCUT2D eigenvalue weighted by molar-refractivity contribution is 6.99. The van der Waals surface area contributed by atoms with Crippen molar-refractivity contribution in [2.45, 2.75) is 6.04 Å². The zero-order valence-electron chi connectivity index (χ0n) is 9.46. The van der Waals surface area contributed by atoms with Crippen LogP contribution in [0.5, 0.6) is 0 Å². The fraction of sp³-hybridized carbons (Fsp3) is 0.182. The number of ether oxygens (including phenoxy) is 1. The summed E-state index contributed by atoms with van der Waals surface area (Å²) >= 11 is 6.82. The topological polar surface area (TPSA) is 64.1 Å². The summed E-state index contributed by atoms with van der Waals surface area (Å²) in [5.41, 5.74) is 0.772. The third kappa shape index (κ3) is 2.77. The van der Waals surface area contributed by atoms with Crippen LogP contribution in [0.25, 0.3) is 0 Å². The Balaban J connectivity index is 2.27. The molecule has 0 amide bonds. The number of hydrogen-bond donors (Lipinski definition) is 1. The summed E-state index contributed by atoms with van der Waals surface area (Å²) in [6.07, 6.45) is 0.